The molecule has 0 aliphatic rings. The molecule has 146 valence electrons. The van der Waals surface area contributed by atoms with Crippen LogP contribution in [-0.2, 0) is 18.5 Å². The fourth-order valence-electron chi connectivity index (χ4n) is 2.03. The topological polar surface area (TPSA) is 29.1 Å². The van der Waals surface area contributed by atoms with E-state index in [2.05, 4.69) is 0 Å². The molecule has 27 heavy (non-hydrogen) atoms. The third-order valence-corrected chi connectivity index (χ3v) is 3.32. The van der Waals surface area contributed by atoms with Gasteiger partial charge in [0, 0.05) is 11.3 Å². The van der Waals surface area contributed by atoms with E-state index >= 15 is 0 Å². The lowest BCUT2D eigenvalue weighted by Gasteiger charge is -2.14. The van der Waals surface area contributed by atoms with Gasteiger partial charge in [0.15, 0.2) is 0 Å². The molecule has 0 heterocycles. The predicted octanol–water partition coefficient (Wildman–Crippen LogP) is 6.00. The van der Waals surface area contributed by atoms with Crippen LogP contribution in [-0.4, -0.2) is 5.91 Å². The van der Waals surface area contributed by atoms with Gasteiger partial charge in [0.1, 0.15) is 0 Å². The van der Waals surface area contributed by atoms with Crippen molar-refractivity contribution in [2.75, 3.05) is 5.32 Å². The van der Waals surface area contributed by atoms with E-state index in [0.29, 0.717) is 12.1 Å². The molecule has 0 saturated heterocycles. The van der Waals surface area contributed by atoms with Crippen LogP contribution in [0, 0.1) is 0 Å². The number of alkyl halides is 9. The monoisotopic (exact) mass is 401 g/mol. The summed E-state index contributed by atoms with van der Waals surface area (Å²) in [6, 6.07) is 3.13. The molecule has 1 amide bonds. The molecule has 0 saturated carbocycles. The highest BCUT2D eigenvalue weighted by Gasteiger charge is 2.37. The van der Waals surface area contributed by atoms with Gasteiger partial charge in [-0.1, -0.05) is 0 Å². The van der Waals surface area contributed by atoms with Crippen LogP contribution < -0.4 is 5.32 Å². The largest absolute Gasteiger partial charge is 0.416 e. The minimum atomic E-state index is -5.13. The van der Waals surface area contributed by atoms with Gasteiger partial charge in [0.05, 0.1) is 16.7 Å². The zero-order chi connectivity index (χ0) is 20.6. The highest BCUT2D eigenvalue weighted by Crippen LogP contribution is 2.36. The first-order valence-electron chi connectivity index (χ1n) is 6.96. The van der Waals surface area contributed by atoms with Crippen molar-refractivity contribution >= 4 is 11.6 Å². The SMILES string of the molecule is O=C(Nc1ccc(C(F)(F)F)cc1)c1cc(C(F)(F)F)cc(C(F)(F)F)c1. The highest BCUT2D eigenvalue weighted by molar-refractivity contribution is 6.04. The molecule has 2 rings (SSSR count). The molecule has 1 N–H and O–H groups in total. The van der Waals surface area contributed by atoms with Crippen LogP contribution in [0.15, 0.2) is 42.5 Å². The van der Waals surface area contributed by atoms with Gasteiger partial charge in [-0.2, -0.15) is 39.5 Å². The lowest BCUT2D eigenvalue weighted by atomic mass is 10.0. The van der Waals surface area contributed by atoms with Gasteiger partial charge in [0.25, 0.3) is 5.91 Å². The van der Waals surface area contributed by atoms with Crippen molar-refractivity contribution in [3.63, 3.8) is 0 Å². The highest BCUT2D eigenvalue weighted by atomic mass is 19.4. The summed E-state index contributed by atoms with van der Waals surface area (Å²) in [4.78, 5) is 12.0. The Morgan fingerprint density at radius 2 is 1.04 bits per heavy atom. The second kappa shape index (κ2) is 6.78. The van der Waals surface area contributed by atoms with Crippen molar-refractivity contribution in [1.82, 2.24) is 0 Å². The molecular formula is C16H8F9NO. The van der Waals surface area contributed by atoms with Crippen LogP contribution in [0.1, 0.15) is 27.0 Å². The van der Waals surface area contributed by atoms with Crippen molar-refractivity contribution in [3.05, 3.63) is 64.7 Å². The van der Waals surface area contributed by atoms with Crippen LogP contribution >= 0.6 is 0 Å². The number of benzene rings is 2. The predicted molar refractivity (Wildman–Crippen MR) is 75.8 cm³/mol. The van der Waals surface area contributed by atoms with E-state index in [1.54, 1.807) is 0 Å². The molecule has 0 aliphatic heterocycles. The number of carbonyl (C=O) groups excluding carboxylic acids is 1. The molecule has 0 radical (unpaired) electrons. The van der Waals surface area contributed by atoms with Crippen LogP contribution in [0.3, 0.4) is 0 Å². The summed E-state index contributed by atoms with van der Waals surface area (Å²) in [6.07, 6.45) is -14.9. The smallest absolute Gasteiger partial charge is 0.322 e. The molecule has 2 aromatic carbocycles. The summed E-state index contributed by atoms with van der Waals surface area (Å²) >= 11 is 0. The van der Waals surface area contributed by atoms with Gasteiger partial charge in [-0.15, -0.1) is 0 Å². The average Bonchev–Trinajstić information content (AvgIpc) is 2.52. The molecule has 2 aromatic rings. The second-order valence-corrected chi connectivity index (χ2v) is 5.32. The zero-order valence-corrected chi connectivity index (χ0v) is 12.9. The lowest BCUT2D eigenvalue weighted by molar-refractivity contribution is -0.143. The van der Waals surface area contributed by atoms with E-state index in [-0.39, 0.29) is 23.9 Å². The molecule has 0 unspecified atom stereocenters. The van der Waals surface area contributed by atoms with E-state index < -0.39 is 46.7 Å². The first kappa shape index (κ1) is 20.6. The summed E-state index contributed by atoms with van der Waals surface area (Å²) in [7, 11) is 0. The Balaban J connectivity index is 2.35. The minimum absolute atomic E-state index is 0.144. The standard InChI is InChI=1S/C16H8F9NO/c17-14(18,19)9-1-3-12(4-2-9)26-13(27)8-5-10(15(20,21)22)7-11(6-8)16(23,24)25/h1-7H,(H,26,27). The fourth-order valence-corrected chi connectivity index (χ4v) is 2.03. The number of rotatable bonds is 2. The number of hydrogen-bond donors (Lipinski definition) is 1. The maximum atomic E-state index is 12.8. The fraction of sp³-hybridized carbons (Fsp3) is 0.188. The summed E-state index contributed by atoms with van der Waals surface area (Å²) in [5.74, 6) is -1.34. The van der Waals surface area contributed by atoms with Gasteiger partial charge in [-0.3, -0.25) is 4.79 Å². The zero-order valence-electron chi connectivity index (χ0n) is 12.9. The van der Waals surface area contributed by atoms with Crippen molar-refractivity contribution in [3.8, 4) is 0 Å². The Hall–Kier alpha value is -2.72. The minimum Gasteiger partial charge on any atom is -0.322 e. The summed E-state index contributed by atoms with van der Waals surface area (Å²) in [5, 5.41) is 1.95. The molecule has 0 atom stereocenters. The van der Waals surface area contributed by atoms with Crippen LogP contribution in [0.5, 0.6) is 0 Å². The Morgan fingerprint density at radius 1 is 0.630 bits per heavy atom. The van der Waals surface area contributed by atoms with Gasteiger partial charge >= 0.3 is 18.5 Å². The van der Waals surface area contributed by atoms with E-state index in [9.17, 15) is 44.3 Å². The number of hydrogen-bond acceptors (Lipinski definition) is 1. The molecule has 0 bridgehead atoms. The summed E-state index contributed by atoms with van der Waals surface area (Å²) < 4.78 is 114. The second-order valence-electron chi connectivity index (χ2n) is 5.32. The molecular weight excluding hydrogens is 393 g/mol. The van der Waals surface area contributed by atoms with Crippen LogP contribution in [0.2, 0.25) is 0 Å². The maximum absolute atomic E-state index is 12.8. The number of nitrogens with one attached hydrogen (secondary N) is 1. The molecule has 2 nitrogen and oxygen atoms in total. The van der Waals surface area contributed by atoms with E-state index in [1.165, 1.54) is 0 Å². The van der Waals surface area contributed by atoms with Crippen LogP contribution in [0.25, 0.3) is 0 Å². The molecule has 0 spiro atoms. The first-order chi connectivity index (χ1) is 12.2. The van der Waals surface area contributed by atoms with Crippen molar-refractivity contribution in [2.24, 2.45) is 0 Å². The summed E-state index contributed by atoms with van der Waals surface area (Å²) in [5.41, 5.74) is -5.60. The summed E-state index contributed by atoms with van der Waals surface area (Å²) in [6.45, 7) is 0. The molecule has 11 heteroatoms. The third kappa shape index (κ3) is 5.14. The van der Waals surface area contributed by atoms with Gasteiger partial charge in [0.2, 0.25) is 0 Å². The Labute approximate surface area is 145 Å². The van der Waals surface area contributed by atoms with E-state index in [4.69, 9.17) is 0 Å². The third-order valence-electron chi connectivity index (χ3n) is 3.32. The maximum Gasteiger partial charge on any atom is 0.416 e. The number of anilines is 1. The van der Waals surface area contributed by atoms with Gasteiger partial charge < -0.3 is 5.32 Å². The van der Waals surface area contributed by atoms with E-state index in [0.717, 1.165) is 12.1 Å². The van der Waals surface area contributed by atoms with Gasteiger partial charge in [-0.05, 0) is 42.5 Å². The Morgan fingerprint density at radius 3 is 1.41 bits per heavy atom. The van der Waals surface area contributed by atoms with E-state index in [1.807, 2.05) is 5.32 Å². The molecule has 0 aliphatic carbocycles. The number of halogens is 9. The Kier molecular flexibility index (Phi) is 5.17. The average molecular weight is 401 g/mol. The van der Waals surface area contributed by atoms with Crippen molar-refractivity contribution in [1.29, 1.82) is 0 Å². The van der Waals surface area contributed by atoms with Crippen LogP contribution in [0.4, 0.5) is 45.2 Å². The van der Waals surface area contributed by atoms with Crippen molar-refractivity contribution in [2.45, 2.75) is 18.5 Å². The first-order valence-corrected chi connectivity index (χ1v) is 6.96. The molecule has 0 aromatic heterocycles. The van der Waals surface area contributed by atoms with Gasteiger partial charge in [-0.25, -0.2) is 0 Å². The quantitative estimate of drug-likeness (QED) is 0.615. The normalized spacial score (nSPS) is 12.8. The van der Waals surface area contributed by atoms with Crippen molar-refractivity contribution < 1.29 is 44.3 Å². The number of carbonyl (C=O) groups is 1. The number of amides is 1. The lowest BCUT2D eigenvalue weighted by Crippen LogP contribution is -2.17. The molecule has 0 fully saturated rings. The Bertz CT molecular complexity index is 801.